The molecule has 1 aromatic heterocycles. The summed E-state index contributed by atoms with van der Waals surface area (Å²) in [6, 6.07) is 14.2. The maximum atomic E-state index is 12.5. The van der Waals surface area contributed by atoms with Crippen LogP contribution in [0.1, 0.15) is 11.1 Å². The lowest BCUT2D eigenvalue weighted by molar-refractivity contribution is -0.118. The number of halogens is 1. The fourth-order valence-electron chi connectivity index (χ4n) is 2.19. The van der Waals surface area contributed by atoms with Gasteiger partial charge in [-0.25, -0.2) is 8.42 Å². The number of ether oxygens (including phenoxy) is 1. The summed E-state index contributed by atoms with van der Waals surface area (Å²) in [6.45, 7) is 1.70. The van der Waals surface area contributed by atoms with Crippen molar-refractivity contribution < 1.29 is 17.9 Å². The number of carbonyl (C=O) groups excluding carboxylic acids is 1. The molecule has 0 saturated carbocycles. The number of nitrogens with one attached hydrogen (secondary N) is 1. The van der Waals surface area contributed by atoms with Gasteiger partial charge in [-0.05, 0) is 36.8 Å². The lowest BCUT2D eigenvalue weighted by Gasteiger charge is -2.05. The van der Waals surface area contributed by atoms with Crippen molar-refractivity contribution in [2.45, 2.75) is 17.0 Å². The minimum Gasteiger partial charge on any atom is -0.484 e. The number of rotatable bonds is 7. The predicted molar refractivity (Wildman–Crippen MR) is 110 cm³/mol. The summed E-state index contributed by atoms with van der Waals surface area (Å²) in [7, 11) is -3.64. The second kappa shape index (κ2) is 8.80. The number of aromatic nitrogens is 2. The zero-order valence-electron chi connectivity index (χ0n) is 14.8. The average Bonchev–Trinajstić information content (AvgIpc) is 3.12. The summed E-state index contributed by atoms with van der Waals surface area (Å²) in [5, 5.41) is 10.0. The zero-order valence-corrected chi connectivity index (χ0v) is 18.0. The molecular formula is C18H16BrN3O4S2. The van der Waals surface area contributed by atoms with Gasteiger partial charge >= 0.3 is 0 Å². The number of amides is 1. The molecule has 0 fully saturated rings. The number of aryl methyl sites for hydroxylation is 1. The molecule has 7 nitrogen and oxygen atoms in total. The molecule has 146 valence electrons. The Hall–Kier alpha value is -2.30. The van der Waals surface area contributed by atoms with Gasteiger partial charge in [-0.2, -0.15) is 0 Å². The van der Waals surface area contributed by atoms with Crippen LogP contribution in [0.5, 0.6) is 5.75 Å². The van der Waals surface area contributed by atoms with Gasteiger partial charge in [0, 0.05) is 4.47 Å². The third-order valence-electron chi connectivity index (χ3n) is 3.58. The highest BCUT2D eigenvalue weighted by atomic mass is 79.9. The number of benzene rings is 2. The van der Waals surface area contributed by atoms with E-state index in [4.69, 9.17) is 4.74 Å². The molecule has 0 aliphatic rings. The maximum absolute atomic E-state index is 12.5. The van der Waals surface area contributed by atoms with Gasteiger partial charge in [0.25, 0.3) is 5.91 Å². The Labute approximate surface area is 174 Å². The third kappa shape index (κ3) is 5.60. The van der Waals surface area contributed by atoms with Crippen molar-refractivity contribution >= 4 is 48.1 Å². The molecule has 0 bridgehead atoms. The van der Waals surface area contributed by atoms with E-state index in [9.17, 15) is 13.2 Å². The van der Waals surface area contributed by atoms with Gasteiger partial charge in [0.2, 0.25) is 19.3 Å². The summed E-state index contributed by atoms with van der Waals surface area (Å²) in [5.74, 6) is -0.0961. The van der Waals surface area contributed by atoms with Crippen molar-refractivity contribution in [1.82, 2.24) is 10.2 Å². The molecule has 0 spiro atoms. The highest BCUT2D eigenvalue weighted by molar-refractivity contribution is 9.10. The first-order valence-corrected chi connectivity index (χ1v) is 11.4. The van der Waals surface area contributed by atoms with Crippen LogP contribution in [0, 0.1) is 6.92 Å². The second-order valence-electron chi connectivity index (χ2n) is 5.91. The van der Waals surface area contributed by atoms with E-state index in [1.54, 1.807) is 36.4 Å². The van der Waals surface area contributed by atoms with E-state index in [0.29, 0.717) is 11.3 Å². The van der Waals surface area contributed by atoms with Crippen molar-refractivity contribution in [2.24, 2.45) is 0 Å². The Morgan fingerprint density at radius 3 is 2.46 bits per heavy atom. The Kier molecular flexibility index (Phi) is 6.42. The van der Waals surface area contributed by atoms with Crippen molar-refractivity contribution in [2.75, 3.05) is 11.9 Å². The van der Waals surface area contributed by atoms with Crippen LogP contribution in [-0.2, 0) is 20.4 Å². The summed E-state index contributed by atoms with van der Waals surface area (Å²) in [5.41, 5.74) is 1.71. The van der Waals surface area contributed by atoms with Crippen LogP contribution in [0.2, 0.25) is 0 Å². The first kappa shape index (κ1) is 20.4. The first-order valence-electron chi connectivity index (χ1n) is 8.12. The van der Waals surface area contributed by atoms with Crippen molar-refractivity contribution in [3.05, 3.63) is 64.1 Å². The van der Waals surface area contributed by atoms with Crippen LogP contribution in [0.25, 0.3) is 0 Å². The fraction of sp³-hybridized carbons (Fsp3) is 0.167. The van der Waals surface area contributed by atoms with E-state index in [-0.39, 0.29) is 21.8 Å². The number of hydrogen-bond donors (Lipinski definition) is 1. The van der Waals surface area contributed by atoms with Gasteiger partial charge in [-0.1, -0.05) is 57.1 Å². The number of hydrogen-bond acceptors (Lipinski definition) is 7. The van der Waals surface area contributed by atoms with E-state index in [2.05, 4.69) is 31.4 Å². The standard InChI is InChI=1S/C18H16BrN3O4S2/c1-12-2-4-13(5-3-12)11-28(24,25)18-22-21-17(27-18)20-16(23)10-26-15-8-6-14(19)7-9-15/h2-9H,10-11H2,1H3,(H,20,21,23). The van der Waals surface area contributed by atoms with E-state index in [0.717, 1.165) is 21.4 Å². The van der Waals surface area contributed by atoms with Gasteiger partial charge in [-0.3, -0.25) is 10.1 Å². The van der Waals surface area contributed by atoms with Gasteiger partial charge in [0.1, 0.15) is 5.75 Å². The third-order valence-corrected chi connectivity index (χ3v) is 7.08. The Bertz CT molecular complexity index is 1060. The Balaban J connectivity index is 1.58. The quantitative estimate of drug-likeness (QED) is 0.517. The van der Waals surface area contributed by atoms with E-state index in [1.165, 1.54) is 0 Å². The number of carbonyl (C=O) groups is 1. The molecule has 1 N–H and O–H groups in total. The van der Waals surface area contributed by atoms with Crippen molar-refractivity contribution in [1.29, 1.82) is 0 Å². The van der Waals surface area contributed by atoms with Crippen LogP contribution in [-0.4, -0.2) is 31.1 Å². The molecule has 3 rings (SSSR count). The van der Waals surface area contributed by atoms with Crippen LogP contribution >= 0.6 is 27.3 Å². The highest BCUT2D eigenvalue weighted by Crippen LogP contribution is 2.23. The SMILES string of the molecule is Cc1ccc(CS(=O)(=O)c2nnc(NC(=O)COc3ccc(Br)cc3)s2)cc1. The van der Waals surface area contributed by atoms with Crippen molar-refractivity contribution in [3.8, 4) is 5.75 Å². The molecule has 0 saturated heterocycles. The van der Waals surface area contributed by atoms with Gasteiger partial charge in [-0.15, -0.1) is 10.2 Å². The van der Waals surface area contributed by atoms with E-state index < -0.39 is 15.7 Å². The average molecular weight is 482 g/mol. The van der Waals surface area contributed by atoms with Crippen molar-refractivity contribution in [3.63, 3.8) is 0 Å². The summed E-state index contributed by atoms with van der Waals surface area (Å²) < 4.78 is 31.1. The molecule has 3 aromatic rings. The lowest BCUT2D eigenvalue weighted by Crippen LogP contribution is -2.20. The van der Waals surface area contributed by atoms with Gasteiger partial charge in [0.15, 0.2) is 6.61 Å². The summed E-state index contributed by atoms with van der Waals surface area (Å²) >= 11 is 4.12. The minimum absolute atomic E-state index is 0.104. The number of sulfone groups is 1. The maximum Gasteiger partial charge on any atom is 0.264 e. The van der Waals surface area contributed by atoms with Gasteiger partial charge in [0.05, 0.1) is 5.75 Å². The lowest BCUT2D eigenvalue weighted by atomic mass is 10.2. The Morgan fingerprint density at radius 2 is 1.79 bits per heavy atom. The molecular weight excluding hydrogens is 466 g/mol. The minimum atomic E-state index is -3.64. The molecule has 2 aromatic carbocycles. The number of anilines is 1. The molecule has 28 heavy (non-hydrogen) atoms. The van der Waals surface area contributed by atoms with E-state index >= 15 is 0 Å². The molecule has 0 atom stereocenters. The smallest absolute Gasteiger partial charge is 0.264 e. The summed E-state index contributed by atoms with van der Waals surface area (Å²) in [4.78, 5) is 12.0. The Morgan fingerprint density at radius 1 is 1.11 bits per heavy atom. The molecule has 1 amide bonds. The second-order valence-corrected chi connectivity index (χ2v) is 9.97. The van der Waals surface area contributed by atoms with E-state index in [1.807, 2.05) is 19.1 Å². The fourth-order valence-corrected chi connectivity index (χ4v) is 4.79. The predicted octanol–water partition coefficient (Wildman–Crippen LogP) is 3.60. The van der Waals surface area contributed by atoms with Crippen LogP contribution in [0.4, 0.5) is 5.13 Å². The van der Waals surface area contributed by atoms with Gasteiger partial charge < -0.3 is 4.74 Å². The molecule has 0 radical (unpaired) electrons. The normalized spacial score (nSPS) is 11.2. The highest BCUT2D eigenvalue weighted by Gasteiger charge is 2.21. The first-order chi connectivity index (χ1) is 13.3. The molecule has 10 heteroatoms. The molecule has 1 heterocycles. The monoisotopic (exact) mass is 481 g/mol. The topological polar surface area (TPSA) is 98.3 Å². The largest absolute Gasteiger partial charge is 0.484 e. The number of nitrogens with zero attached hydrogens (tertiary/aromatic N) is 2. The molecule has 0 aliphatic carbocycles. The zero-order chi connectivity index (χ0) is 20.1. The van der Waals surface area contributed by atoms with Crippen LogP contribution in [0.3, 0.4) is 0 Å². The van der Waals surface area contributed by atoms with Crippen LogP contribution < -0.4 is 10.1 Å². The van der Waals surface area contributed by atoms with Crippen LogP contribution in [0.15, 0.2) is 57.3 Å². The molecule has 0 aliphatic heterocycles. The summed E-state index contributed by atoms with van der Waals surface area (Å²) in [6.07, 6.45) is 0. The molecule has 0 unspecified atom stereocenters.